The summed E-state index contributed by atoms with van der Waals surface area (Å²) in [6, 6.07) is 5.70. The Morgan fingerprint density at radius 3 is 2.47 bits per heavy atom. The number of nitrogens with zero attached hydrogens (tertiary/aromatic N) is 3. The van der Waals surface area contributed by atoms with Gasteiger partial charge in [0.25, 0.3) is 5.91 Å². The summed E-state index contributed by atoms with van der Waals surface area (Å²) in [6.07, 6.45) is 5.45. The molecule has 2 fully saturated rings. The number of aliphatic hydroxyl groups excluding tert-OH is 2. The third-order valence-corrected chi connectivity index (χ3v) is 8.09. The maximum atomic E-state index is 12.9. The molecule has 0 radical (unpaired) electrons. The summed E-state index contributed by atoms with van der Waals surface area (Å²) in [5.74, 6) is -0.405. The highest BCUT2D eigenvalue weighted by atomic mass is 16.6. The van der Waals surface area contributed by atoms with Crippen LogP contribution in [-0.4, -0.2) is 54.5 Å². The number of carbonyl (C=O) groups excluding carboxylic acids is 1. The van der Waals surface area contributed by atoms with E-state index in [0.717, 1.165) is 36.2 Å². The van der Waals surface area contributed by atoms with Gasteiger partial charge in [0.15, 0.2) is 5.82 Å². The standard InChI is InChI=1S/C27H33N5O4/c1-25(2)9-7-15(8-10-25)20-19(32-24(35)23-29-14-17(13-28)30-23)6-5-18(31-20)16-11-26(3)21(33)22(34)27(4,12-16)36-26/h5-7,14,16,21-22,33-34H,8-12H2,1-4H3,(H,29,30)(H,32,35)/t16?,21-,22+,26-,27-/m1/s1. The summed E-state index contributed by atoms with van der Waals surface area (Å²) >= 11 is 0. The fourth-order valence-electron chi connectivity index (χ4n) is 5.92. The maximum absolute atomic E-state index is 12.9. The predicted octanol–water partition coefficient (Wildman–Crippen LogP) is 3.67. The molecule has 1 amide bonds. The maximum Gasteiger partial charge on any atom is 0.291 e. The molecule has 2 saturated heterocycles. The summed E-state index contributed by atoms with van der Waals surface area (Å²) in [5, 5.41) is 33.3. The molecule has 3 aliphatic rings. The summed E-state index contributed by atoms with van der Waals surface area (Å²) in [5.41, 5.74) is 1.95. The van der Waals surface area contributed by atoms with Crippen molar-refractivity contribution >= 4 is 17.2 Å². The van der Waals surface area contributed by atoms with Gasteiger partial charge >= 0.3 is 0 Å². The Balaban J connectivity index is 1.50. The average molecular weight is 492 g/mol. The van der Waals surface area contributed by atoms with Crippen molar-refractivity contribution in [3.8, 4) is 6.07 Å². The number of nitriles is 1. The lowest BCUT2D eigenvalue weighted by Gasteiger charge is -2.41. The fraction of sp³-hybridized carbons (Fsp3) is 0.556. The van der Waals surface area contributed by atoms with Crippen molar-refractivity contribution < 1.29 is 19.7 Å². The minimum absolute atomic E-state index is 0.0204. The number of amides is 1. The van der Waals surface area contributed by atoms with Crippen LogP contribution in [0, 0.1) is 16.7 Å². The molecule has 0 aromatic carbocycles. The third kappa shape index (κ3) is 4.23. The zero-order chi connectivity index (χ0) is 25.9. The number of aliphatic hydroxyl groups is 2. The van der Waals surface area contributed by atoms with Crippen LogP contribution in [-0.2, 0) is 4.74 Å². The fourth-order valence-corrected chi connectivity index (χ4v) is 5.92. The zero-order valence-electron chi connectivity index (χ0n) is 21.1. The molecular formula is C27H33N5O4. The lowest BCUT2D eigenvalue weighted by Crippen LogP contribution is -2.43. The topological polar surface area (TPSA) is 144 Å². The molecule has 2 aromatic rings. The number of ether oxygens (including phenoxy) is 1. The van der Waals surface area contributed by atoms with Gasteiger partial charge < -0.3 is 25.3 Å². The molecule has 9 nitrogen and oxygen atoms in total. The van der Waals surface area contributed by atoms with Crippen molar-refractivity contribution in [3.05, 3.63) is 47.3 Å². The van der Waals surface area contributed by atoms with E-state index in [0.29, 0.717) is 18.5 Å². The molecule has 36 heavy (non-hydrogen) atoms. The van der Waals surface area contributed by atoms with E-state index in [1.807, 2.05) is 32.0 Å². The normalized spacial score (nSPS) is 33.0. The molecule has 5 atom stereocenters. The van der Waals surface area contributed by atoms with Gasteiger partial charge in [-0.1, -0.05) is 19.9 Å². The summed E-state index contributed by atoms with van der Waals surface area (Å²) in [4.78, 5) is 24.7. The number of nitrogens with one attached hydrogen (secondary N) is 2. The van der Waals surface area contributed by atoms with Crippen molar-refractivity contribution in [3.63, 3.8) is 0 Å². The molecule has 1 unspecified atom stereocenters. The van der Waals surface area contributed by atoms with Gasteiger partial charge in [0.2, 0.25) is 0 Å². The summed E-state index contributed by atoms with van der Waals surface area (Å²) < 4.78 is 6.13. The van der Waals surface area contributed by atoms with E-state index in [4.69, 9.17) is 15.0 Å². The lowest BCUT2D eigenvalue weighted by molar-refractivity contribution is -0.153. The van der Waals surface area contributed by atoms with Crippen LogP contribution in [0.15, 0.2) is 24.4 Å². The smallest absolute Gasteiger partial charge is 0.291 e. The van der Waals surface area contributed by atoms with Gasteiger partial charge in [-0.3, -0.25) is 9.78 Å². The number of hydrogen-bond acceptors (Lipinski definition) is 7. The van der Waals surface area contributed by atoms with Gasteiger partial charge in [-0.25, -0.2) is 4.98 Å². The highest BCUT2D eigenvalue weighted by Crippen LogP contribution is 2.53. The number of allylic oxidation sites excluding steroid dienone is 2. The van der Waals surface area contributed by atoms with Crippen molar-refractivity contribution in [2.45, 2.75) is 89.1 Å². The quantitative estimate of drug-likeness (QED) is 0.511. The molecule has 4 N–H and O–H groups in total. The Kier molecular flexibility index (Phi) is 5.82. The molecule has 0 spiro atoms. The Bertz CT molecular complexity index is 1260. The van der Waals surface area contributed by atoms with E-state index in [-0.39, 0.29) is 22.9 Å². The first-order valence-electron chi connectivity index (χ1n) is 12.5. The van der Waals surface area contributed by atoms with E-state index in [1.54, 1.807) is 0 Å². The van der Waals surface area contributed by atoms with Crippen LogP contribution < -0.4 is 5.32 Å². The number of H-pyrrole nitrogens is 1. The molecule has 5 rings (SSSR count). The number of pyridine rings is 1. The van der Waals surface area contributed by atoms with Gasteiger partial charge in [0, 0.05) is 11.6 Å². The van der Waals surface area contributed by atoms with Gasteiger partial charge in [0.1, 0.15) is 24.0 Å². The van der Waals surface area contributed by atoms with Gasteiger partial charge in [0.05, 0.1) is 28.8 Å². The van der Waals surface area contributed by atoms with E-state index in [1.165, 1.54) is 6.20 Å². The van der Waals surface area contributed by atoms with Gasteiger partial charge in [-0.2, -0.15) is 5.26 Å². The van der Waals surface area contributed by atoms with Crippen molar-refractivity contribution in [2.75, 3.05) is 5.32 Å². The first kappa shape index (κ1) is 24.6. The number of imidazole rings is 1. The van der Waals surface area contributed by atoms with Crippen LogP contribution in [0.5, 0.6) is 0 Å². The van der Waals surface area contributed by atoms with E-state index < -0.39 is 29.3 Å². The molecule has 2 aromatic heterocycles. The highest BCUT2D eigenvalue weighted by molar-refractivity contribution is 6.03. The summed E-state index contributed by atoms with van der Waals surface area (Å²) in [7, 11) is 0. The average Bonchev–Trinajstić information content (AvgIpc) is 3.36. The van der Waals surface area contributed by atoms with Crippen LogP contribution in [0.2, 0.25) is 0 Å². The Hall–Kier alpha value is -3.06. The van der Waals surface area contributed by atoms with Crippen LogP contribution >= 0.6 is 0 Å². The van der Waals surface area contributed by atoms with E-state index in [2.05, 4.69) is 35.2 Å². The van der Waals surface area contributed by atoms with E-state index >= 15 is 0 Å². The molecule has 190 valence electrons. The first-order valence-corrected chi connectivity index (χ1v) is 12.5. The Labute approximate surface area is 210 Å². The largest absolute Gasteiger partial charge is 0.387 e. The molecular weight excluding hydrogens is 458 g/mol. The van der Waals surface area contributed by atoms with Crippen LogP contribution in [0.3, 0.4) is 0 Å². The molecule has 9 heteroatoms. The molecule has 4 heterocycles. The number of aromatic nitrogens is 3. The Morgan fingerprint density at radius 1 is 1.19 bits per heavy atom. The number of rotatable bonds is 4. The summed E-state index contributed by atoms with van der Waals surface area (Å²) in [6.45, 7) is 8.18. The second kappa shape index (κ2) is 8.51. The second-order valence-corrected chi connectivity index (χ2v) is 11.7. The Morgan fingerprint density at radius 2 is 1.89 bits per heavy atom. The number of aromatic amines is 1. The van der Waals surface area contributed by atoms with Crippen molar-refractivity contribution in [2.24, 2.45) is 5.41 Å². The monoisotopic (exact) mass is 491 g/mol. The minimum Gasteiger partial charge on any atom is -0.387 e. The zero-order valence-corrected chi connectivity index (χ0v) is 21.1. The SMILES string of the molecule is CC1(C)CC=C(c2nc(C3C[C@@]4(C)O[C@](C)(C3)[C@@H](O)[C@H]4O)ccc2NC(=O)c2ncc(C#N)[nH]2)CC1. The second-order valence-electron chi connectivity index (χ2n) is 11.7. The van der Waals surface area contributed by atoms with Crippen molar-refractivity contribution in [1.82, 2.24) is 15.0 Å². The number of anilines is 1. The number of hydrogen-bond donors (Lipinski definition) is 4. The molecule has 2 aliphatic heterocycles. The molecule has 1 aliphatic carbocycles. The predicted molar refractivity (Wildman–Crippen MR) is 133 cm³/mol. The molecule has 2 bridgehead atoms. The van der Waals surface area contributed by atoms with Crippen molar-refractivity contribution in [1.29, 1.82) is 5.26 Å². The highest BCUT2D eigenvalue weighted by Gasteiger charge is 2.62. The van der Waals surface area contributed by atoms with Gasteiger partial charge in [-0.15, -0.1) is 0 Å². The number of fused-ring (bicyclic) bond motifs is 2. The van der Waals surface area contributed by atoms with E-state index in [9.17, 15) is 15.0 Å². The van der Waals surface area contributed by atoms with Gasteiger partial charge in [-0.05, 0) is 69.1 Å². The minimum atomic E-state index is -0.958. The lowest BCUT2D eigenvalue weighted by atomic mass is 9.77. The molecule has 0 saturated carbocycles. The van der Waals surface area contributed by atoms with Crippen LogP contribution in [0.25, 0.3) is 5.57 Å². The van der Waals surface area contributed by atoms with Crippen LogP contribution in [0.1, 0.15) is 93.4 Å². The third-order valence-electron chi connectivity index (χ3n) is 8.09. The number of carbonyl (C=O) groups is 1. The first-order chi connectivity index (χ1) is 16.9. The van der Waals surface area contributed by atoms with Crippen LogP contribution in [0.4, 0.5) is 5.69 Å².